The molecule has 1 heterocycles. The zero-order valence-corrected chi connectivity index (χ0v) is 16.1. The van der Waals surface area contributed by atoms with E-state index < -0.39 is 5.97 Å². The van der Waals surface area contributed by atoms with E-state index in [4.69, 9.17) is 9.47 Å². The minimum absolute atomic E-state index is 0.151. The Bertz CT molecular complexity index is 850. The molecule has 146 valence electrons. The van der Waals surface area contributed by atoms with Crippen LogP contribution in [-0.4, -0.2) is 42.4 Å². The molecule has 28 heavy (non-hydrogen) atoms. The van der Waals surface area contributed by atoms with Crippen LogP contribution in [0.2, 0.25) is 0 Å². The molecule has 0 radical (unpaired) electrons. The first-order valence-electron chi connectivity index (χ1n) is 9.27. The highest BCUT2D eigenvalue weighted by Gasteiger charge is 2.34. The number of unbranched alkanes of at least 4 members (excludes halogenated alkanes) is 1. The number of hydrogen-bond acceptors (Lipinski definition) is 5. The Labute approximate surface area is 164 Å². The van der Waals surface area contributed by atoms with Crippen molar-refractivity contribution in [2.45, 2.75) is 26.7 Å². The topological polar surface area (TPSA) is 72.9 Å². The lowest BCUT2D eigenvalue weighted by atomic mass is 10.1. The quantitative estimate of drug-likeness (QED) is 0.399. The van der Waals surface area contributed by atoms with E-state index in [2.05, 4.69) is 0 Å². The Balaban J connectivity index is 1.35. The van der Waals surface area contributed by atoms with Gasteiger partial charge in [0.25, 0.3) is 11.8 Å². The normalized spacial score (nSPS) is 12.9. The Morgan fingerprint density at radius 3 is 2.14 bits per heavy atom. The van der Waals surface area contributed by atoms with Crippen molar-refractivity contribution in [3.05, 3.63) is 64.7 Å². The molecule has 0 aromatic heterocycles. The molecule has 6 heteroatoms. The lowest BCUT2D eigenvalue weighted by Crippen LogP contribution is -2.30. The molecule has 0 saturated carbocycles. The summed E-state index contributed by atoms with van der Waals surface area (Å²) in [5.41, 5.74) is 3.03. The van der Waals surface area contributed by atoms with Gasteiger partial charge in [-0.15, -0.1) is 0 Å². The zero-order valence-electron chi connectivity index (χ0n) is 16.1. The lowest BCUT2D eigenvalue weighted by Gasteiger charge is -2.13. The molecule has 2 aromatic rings. The van der Waals surface area contributed by atoms with Crippen LogP contribution in [-0.2, 0) is 9.53 Å². The first-order valence-corrected chi connectivity index (χ1v) is 9.27. The Hall–Kier alpha value is -3.15. The van der Waals surface area contributed by atoms with E-state index in [1.807, 2.05) is 32.0 Å². The number of fused-ring (bicyclic) bond motifs is 1. The van der Waals surface area contributed by atoms with E-state index in [0.717, 1.165) is 11.1 Å². The molecule has 1 aliphatic heterocycles. The first-order chi connectivity index (χ1) is 13.5. The predicted octanol–water partition coefficient (Wildman–Crippen LogP) is 3.30. The maximum Gasteiger partial charge on any atom is 0.344 e. The van der Waals surface area contributed by atoms with Crippen LogP contribution in [0.5, 0.6) is 5.75 Å². The number of ether oxygens (including phenoxy) is 2. The summed E-state index contributed by atoms with van der Waals surface area (Å²) < 4.78 is 10.6. The number of hydrogen-bond donors (Lipinski definition) is 0. The minimum atomic E-state index is -0.445. The summed E-state index contributed by atoms with van der Waals surface area (Å²) in [5.74, 6) is -0.334. The first kappa shape index (κ1) is 19.6. The van der Waals surface area contributed by atoms with E-state index in [-0.39, 0.29) is 25.0 Å². The van der Waals surface area contributed by atoms with Crippen LogP contribution >= 0.6 is 0 Å². The third-order valence-corrected chi connectivity index (χ3v) is 4.47. The van der Waals surface area contributed by atoms with E-state index in [1.165, 1.54) is 4.90 Å². The van der Waals surface area contributed by atoms with Gasteiger partial charge >= 0.3 is 5.97 Å². The molecule has 0 saturated heterocycles. The van der Waals surface area contributed by atoms with Crippen molar-refractivity contribution in [2.24, 2.45) is 0 Å². The Kier molecular flexibility index (Phi) is 6.09. The summed E-state index contributed by atoms with van der Waals surface area (Å²) in [5, 5.41) is 0. The maximum absolute atomic E-state index is 12.3. The van der Waals surface area contributed by atoms with Gasteiger partial charge in [-0.3, -0.25) is 14.5 Å². The molecule has 0 N–H and O–H groups in total. The van der Waals surface area contributed by atoms with Gasteiger partial charge in [-0.25, -0.2) is 4.79 Å². The summed E-state index contributed by atoms with van der Waals surface area (Å²) in [6.07, 6.45) is 1.12. The number of amides is 2. The van der Waals surface area contributed by atoms with Gasteiger partial charge in [-0.05, 0) is 62.1 Å². The molecule has 0 unspecified atom stereocenters. The van der Waals surface area contributed by atoms with Crippen molar-refractivity contribution in [3.8, 4) is 5.75 Å². The average molecular weight is 381 g/mol. The number of carbonyl (C=O) groups excluding carboxylic acids is 3. The van der Waals surface area contributed by atoms with Gasteiger partial charge in [-0.1, -0.05) is 18.2 Å². The molecule has 1 aliphatic rings. The smallest absolute Gasteiger partial charge is 0.344 e. The Morgan fingerprint density at radius 1 is 0.929 bits per heavy atom. The molecular formula is C22H23NO5. The summed E-state index contributed by atoms with van der Waals surface area (Å²) in [4.78, 5) is 37.5. The molecule has 0 atom stereocenters. The number of rotatable bonds is 8. The second-order valence-electron chi connectivity index (χ2n) is 6.85. The van der Waals surface area contributed by atoms with Crippen LogP contribution in [0.15, 0.2) is 42.5 Å². The number of imide groups is 1. The van der Waals surface area contributed by atoms with Crippen molar-refractivity contribution < 1.29 is 23.9 Å². The third kappa shape index (κ3) is 4.57. The fourth-order valence-corrected chi connectivity index (χ4v) is 3.20. The molecule has 2 amide bonds. The zero-order chi connectivity index (χ0) is 20.1. The van der Waals surface area contributed by atoms with Crippen LogP contribution in [0.3, 0.4) is 0 Å². The van der Waals surface area contributed by atoms with E-state index >= 15 is 0 Å². The summed E-state index contributed by atoms with van der Waals surface area (Å²) in [6, 6.07) is 12.6. The monoisotopic (exact) mass is 381 g/mol. The van der Waals surface area contributed by atoms with Crippen LogP contribution in [0.4, 0.5) is 0 Å². The highest BCUT2D eigenvalue weighted by atomic mass is 16.6. The SMILES string of the molecule is Cc1cc(C)cc(OCC(=O)OCCCCN2C(=O)c3ccccc3C2=O)c1. The second-order valence-corrected chi connectivity index (χ2v) is 6.85. The molecule has 0 bridgehead atoms. The van der Waals surface area contributed by atoms with Gasteiger partial charge in [-0.2, -0.15) is 0 Å². The summed E-state index contributed by atoms with van der Waals surface area (Å²) in [7, 11) is 0. The van der Waals surface area contributed by atoms with E-state index in [0.29, 0.717) is 36.3 Å². The molecule has 0 aliphatic carbocycles. The molecule has 0 spiro atoms. The number of carbonyl (C=O) groups is 3. The van der Waals surface area contributed by atoms with Crippen LogP contribution in [0.1, 0.15) is 44.7 Å². The number of nitrogens with zero attached hydrogens (tertiary/aromatic N) is 1. The molecule has 2 aromatic carbocycles. The van der Waals surface area contributed by atoms with Crippen LogP contribution < -0.4 is 4.74 Å². The maximum atomic E-state index is 12.3. The standard InChI is InChI=1S/C22H23NO5/c1-15-11-16(2)13-17(12-15)28-14-20(24)27-10-6-5-9-23-21(25)18-7-3-4-8-19(18)22(23)26/h3-4,7-8,11-13H,5-6,9-10,14H2,1-2H3. The predicted molar refractivity (Wildman–Crippen MR) is 103 cm³/mol. The van der Waals surface area contributed by atoms with Gasteiger partial charge in [0.1, 0.15) is 5.75 Å². The van der Waals surface area contributed by atoms with Crippen molar-refractivity contribution in [2.75, 3.05) is 19.8 Å². The van der Waals surface area contributed by atoms with E-state index in [9.17, 15) is 14.4 Å². The number of esters is 1. The highest BCUT2D eigenvalue weighted by Crippen LogP contribution is 2.22. The largest absolute Gasteiger partial charge is 0.482 e. The third-order valence-electron chi connectivity index (χ3n) is 4.47. The molecule has 0 fully saturated rings. The summed E-state index contributed by atoms with van der Waals surface area (Å²) in [6.45, 7) is 4.31. The van der Waals surface area contributed by atoms with E-state index in [1.54, 1.807) is 24.3 Å². The van der Waals surface area contributed by atoms with Gasteiger partial charge in [0, 0.05) is 6.54 Å². The van der Waals surface area contributed by atoms with Crippen molar-refractivity contribution in [1.29, 1.82) is 0 Å². The van der Waals surface area contributed by atoms with Crippen molar-refractivity contribution >= 4 is 17.8 Å². The number of benzene rings is 2. The van der Waals surface area contributed by atoms with Crippen molar-refractivity contribution in [3.63, 3.8) is 0 Å². The summed E-state index contributed by atoms with van der Waals surface area (Å²) >= 11 is 0. The fourth-order valence-electron chi connectivity index (χ4n) is 3.20. The molecular weight excluding hydrogens is 358 g/mol. The van der Waals surface area contributed by atoms with Crippen LogP contribution in [0.25, 0.3) is 0 Å². The minimum Gasteiger partial charge on any atom is -0.482 e. The van der Waals surface area contributed by atoms with Gasteiger partial charge in [0.05, 0.1) is 17.7 Å². The second kappa shape index (κ2) is 8.69. The molecule has 3 rings (SSSR count). The average Bonchev–Trinajstić information content (AvgIpc) is 2.90. The van der Waals surface area contributed by atoms with Gasteiger partial charge in [0.2, 0.25) is 0 Å². The molecule has 6 nitrogen and oxygen atoms in total. The fraction of sp³-hybridized carbons (Fsp3) is 0.318. The highest BCUT2D eigenvalue weighted by molar-refractivity contribution is 6.21. The Morgan fingerprint density at radius 2 is 1.54 bits per heavy atom. The van der Waals surface area contributed by atoms with Gasteiger partial charge < -0.3 is 9.47 Å². The van der Waals surface area contributed by atoms with Gasteiger partial charge in [0.15, 0.2) is 6.61 Å². The van der Waals surface area contributed by atoms with Crippen LogP contribution in [0, 0.1) is 13.8 Å². The lowest BCUT2D eigenvalue weighted by molar-refractivity contribution is -0.146. The number of aryl methyl sites for hydroxylation is 2. The van der Waals surface area contributed by atoms with Crippen molar-refractivity contribution in [1.82, 2.24) is 4.90 Å².